The Hall–Kier alpha value is -4.82. The van der Waals surface area contributed by atoms with Gasteiger partial charge in [-0.25, -0.2) is 16.8 Å². The minimum Gasteiger partial charge on any atom is -0.493 e. The molecule has 0 aliphatic carbocycles. The van der Waals surface area contributed by atoms with E-state index in [-0.39, 0.29) is 31.9 Å². The van der Waals surface area contributed by atoms with Crippen LogP contribution in [0.25, 0.3) is 10.8 Å². The number of carboxylic acid groups (broad SMARTS) is 2. The Kier molecular flexibility index (Phi) is 8.25. The zero-order valence-electron chi connectivity index (χ0n) is 24.5. The summed E-state index contributed by atoms with van der Waals surface area (Å²) in [6, 6.07) is 17.6. The predicted molar refractivity (Wildman–Crippen MR) is 169 cm³/mol. The number of ether oxygens (including phenoxy) is 2. The molecule has 6 rings (SSSR count). The zero-order chi connectivity index (χ0) is 32.6. The second kappa shape index (κ2) is 12.2. The van der Waals surface area contributed by atoms with Gasteiger partial charge in [0.05, 0.1) is 34.4 Å². The third-order valence-corrected chi connectivity index (χ3v) is 11.4. The Bertz CT molecular complexity index is 1930. The first-order valence-corrected chi connectivity index (χ1v) is 17.4. The SMILES string of the molecule is O=C(O)CN(c1ccc(N(CC(=O)O)S(=O)(=O)c2ccc3c(c2)CCCO3)c2ccccc12)S(=O)(=O)c1ccc2c(c1)CCCO2. The Balaban J connectivity index is 1.49. The van der Waals surface area contributed by atoms with Crippen LogP contribution in [-0.2, 0) is 42.5 Å². The Labute approximate surface area is 265 Å². The van der Waals surface area contributed by atoms with E-state index < -0.39 is 45.1 Å². The molecule has 14 heteroatoms. The van der Waals surface area contributed by atoms with Crippen LogP contribution >= 0.6 is 0 Å². The molecule has 46 heavy (non-hydrogen) atoms. The van der Waals surface area contributed by atoms with Gasteiger partial charge in [-0.1, -0.05) is 24.3 Å². The largest absolute Gasteiger partial charge is 0.493 e. The molecule has 0 amide bonds. The molecule has 2 aliphatic rings. The van der Waals surface area contributed by atoms with E-state index in [0.29, 0.717) is 61.5 Å². The fraction of sp³-hybridized carbons (Fsp3) is 0.250. The number of rotatable bonds is 10. The molecule has 240 valence electrons. The third-order valence-electron chi connectivity index (χ3n) is 7.91. The van der Waals surface area contributed by atoms with Gasteiger partial charge in [-0.15, -0.1) is 0 Å². The number of anilines is 2. The van der Waals surface area contributed by atoms with E-state index in [1.807, 2.05) is 0 Å². The third kappa shape index (κ3) is 5.81. The van der Waals surface area contributed by atoms with Crippen molar-refractivity contribution in [3.8, 4) is 11.5 Å². The standard InChI is InChI=1S/C32H30N2O10S2/c35-31(36)19-33(45(39,40)23-9-13-29-21(17-23)5-3-15-43-29)27-11-12-28(26-8-2-1-7-25(26)27)34(20-32(37)38)46(41,42)24-10-14-30-22(18-24)6-4-16-44-30/h1-2,7-14,17-18H,3-6,15-16,19-20H2,(H,35,36)(H,37,38). The summed E-state index contributed by atoms with van der Waals surface area (Å²) in [4.78, 5) is 23.8. The monoisotopic (exact) mass is 666 g/mol. The van der Waals surface area contributed by atoms with E-state index in [9.17, 15) is 36.6 Å². The fourth-order valence-electron chi connectivity index (χ4n) is 5.80. The molecule has 4 aromatic carbocycles. The Morgan fingerprint density at radius 1 is 0.630 bits per heavy atom. The van der Waals surface area contributed by atoms with Crippen molar-refractivity contribution in [3.63, 3.8) is 0 Å². The van der Waals surface area contributed by atoms with Gasteiger partial charge in [0.25, 0.3) is 20.0 Å². The molecule has 2 aliphatic heterocycles. The van der Waals surface area contributed by atoms with Crippen molar-refractivity contribution in [1.82, 2.24) is 0 Å². The predicted octanol–water partition coefficient (Wildman–Crippen LogP) is 4.05. The molecule has 2 heterocycles. The molecule has 0 saturated carbocycles. The molecular weight excluding hydrogens is 636 g/mol. The number of benzene rings is 4. The average molecular weight is 667 g/mol. The van der Waals surface area contributed by atoms with Gasteiger partial charge >= 0.3 is 11.9 Å². The minimum atomic E-state index is -4.45. The molecule has 2 N–H and O–H groups in total. The minimum absolute atomic E-state index is 0.0191. The van der Waals surface area contributed by atoms with Gasteiger partial charge < -0.3 is 19.7 Å². The van der Waals surface area contributed by atoms with Crippen LogP contribution < -0.4 is 18.1 Å². The second-order valence-corrected chi connectivity index (χ2v) is 14.6. The highest BCUT2D eigenvalue weighted by Crippen LogP contribution is 2.39. The van der Waals surface area contributed by atoms with Crippen molar-refractivity contribution in [2.45, 2.75) is 35.5 Å². The maximum Gasteiger partial charge on any atom is 0.324 e. The molecule has 0 bridgehead atoms. The van der Waals surface area contributed by atoms with Crippen LogP contribution in [-0.4, -0.2) is 65.3 Å². The molecule has 4 aromatic rings. The maximum absolute atomic E-state index is 14.1. The molecular formula is C32H30N2O10S2. The summed E-state index contributed by atoms with van der Waals surface area (Å²) in [6.07, 6.45) is 2.60. The van der Waals surface area contributed by atoms with Gasteiger partial charge in [0, 0.05) is 10.8 Å². The lowest BCUT2D eigenvalue weighted by atomic mass is 10.1. The molecule has 0 fully saturated rings. The highest BCUT2D eigenvalue weighted by Gasteiger charge is 2.33. The van der Waals surface area contributed by atoms with Gasteiger partial charge in [-0.2, -0.15) is 0 Å². The van der Waals surface area contributed by atoms with Crippen molar-refractivity contribution in [1.29, 1.82) is 0 Å². The summed E-state index contributed by atoms with van der Waals surface area (Å²) in [5.41, 5.74) is 1.33. The number of hydrogen-bond donors (Lipinski definition) is 2. The lowest BCUT2D eigenvalue weighted by Crippen LogP contribution is -2.37. The van der Waals surface area contributed by atoms with Crippen LogP contribution in [0, 0.1) is 0 Å². The van der Waals surface area contributed by atoms with E-state index >= 15 is 0 Å². The number of carboxylic acids is 2. The Morgan fingerprint density at radius 3 is 1.43 bits per heavy atom. The smallest absolute Gasteiger partial charge is 0.324 e. The van der Waals surface area contributed by atoms with Gasteiger partial charge in [-0.05, 0) is 85.3 Å². The number of aryl methyl sites for hydroxylation is 2. The topological polar surface area (TPSA) is 168 Å². The highest BCUT2D eigenvalue weighted by molar-refractivity contribution is 7.93. The van der Waals surface area contributed by atoms with Gasteiger partial charge in [0.1, 0.15) is 24.6 Å². The molecule has 0 atom stereocenters. The van der Waals surface area contributed by atoms with Crippen molar-refractivity contribution in [3.05, 3.63) is 83.9 Å². The van der Waals surface area contributed by atoms with Crippen LogP contribution in [0.4, 0.5) is 11.4 Å². The molecule has 0 spiro atoms. The van der Waals surface area contributed by atoms with Crippen LogP contribution in [0.1, 0.15) is 24.0 Å². The number of sulfonamides is 2. The lowest BCUT2D eigenvalue weighted by molar-refractivity contribution is -0.136. The van der Waals surface area contributed by atoms with Crippen LogP contribution in [0.15, 0.2) is 82.6 Å². The summed E-state index contributed by atoms with van der Waals surface area (Å²) in [5, 5.41) is 20.0. The first-order valence-electron chi connectivity index (χ1n) is 14.5. The summed E-state index contributed by atoms with van der Waals surface area (Å²) >= 11 is 0. The first-order chi connectivity index (χ1) is 22.0. The van der Waals surface area contributed by atoms with Gasteiger partial charge in [0.15, 0.2) is 0 Å². The molecule has 12 nitrogen and oxygen atoms in total. The van der Waals surface area contributed by atoms with E-state index in [2.05, 4.69) is 0 Å². The Morgan fingerprint density at radius 2 is 1.04 bits per heavy atom. The van der Waals surface area contributed by atoms with Crippen molar-refractivity contribution < 1.29 is 46.1 Å². The van der Waals surface area contributed by atoms with E-state index in [4.69, 9.17) is 9.47 Å². The fourth-order valence-corrected chi connectivity index (χ4v) is 8.76. The summed E-state index contributed by atoms with van der Waals surface area (Å²) in [6.45, 7) is -0.822. The van der Waals surface area contributed by atoms with Crippen molar-refractivity contribution in [2.24, 2.45) is 0 Å². The average Bonchev–Trinajstić information content (AvgIpc) is 3.05. The van der Waals surface area contributed by atoms with Crippen molar-refractivity contribution >= 4 is 54.1 Å². The maximum atomic E-state index is 14.1. The number of nitrogens with zero attached hydrogens (tertiary/aromatic N) is 2. The quantitative estimate of drug-likeness (QED) is 0.252. The zero-order valence-corrected chi connectivity index (χ0v) is 26.1. The van der Waals surface area contributed by atoms with Gasteiger partial charge in [0.2, 0.25) is 0 Å². The second-order valence-electron chi connectivity index (χ2n) is 10.9. The lowest BCUT2D eigenvalue weighted by Gasteiger charge is -2.28. The van der Waals surface area contributed by atoms with Crippen molar-refractivity contribution in [2.75, 3.05) is 34.9 Å². The number of fused-ring (bicyclic) bond motifs is 3. The number of carbonyl (C=O) groups is 2. The first kappa shape index (κ1) is 31.2. The molecule has 0 saturated heterocycles. The summed E-state index contributed by atoms with van der Waals surface area (Å²) in [5.74, 6) is -1.69. The van der Waals surface area contributed by atoms with E-state index in [0.717, 1.165) is 8.61 Å². The molecule has 0 radical (unpaired) electrons. The number of aliphatic carboxylic acids is 2. The summed E-state index contributed by atoms with van der Waals surface area (Å²) in [7, 11) is -8.89. The number of hydrogen-bond acceptors (Lipinski definition) is 8. The normalized spacial score (nSPS) is 14.3. The van der Waals surface area contributed by atoms with Crippen LogP contribution in [0.3, 0.4) is 0 Å². The summed E-state index contributed by atoms with van der Waals surface area (Å²) < 4.78 is 68.9. The van der Waals surface area contributed by atoms with Crippen LogP contribution in [0.2, 0.25) is 0 Å². The van der Waals surface area contributed by atoms with E-state index in [1.54, 1.807) is 24.3 Å². The molecule has 0 unspecified atom stereocenters. The van der Waals surface area contributed by atoms with Gasteiger partial charge in [-0.3, -0.25) is 18.2 Å². The highest BCUT2D eigenvalue weighted by atomic mass is 32.2. The molecule has 0 aromatic heterocycles. The van der Waals surface area contributed by atoms with Crippen LogP contribution in [0.5, 0.6) is 11.5 Å². The van der Waals surface area contributed by atoms with E-state index in [1.165, 1.54) is 48.5 Å².